The Labute approximate surface area is 103 Å². The number of aryl methyl sites for hydroxylation is 2. The third kappa shape index (κ3) is 5.94. The first-order valence-corrected chi connectivity index (χ1v) is 6.25. The van der Waals surface area contributed by atoms with E-state index in [-0.39, 0.29) is 6.03 Å². The molecule has 0 fully saturated rings. The highest BCUT2D eigenvalue weighted by Crippen LogP contribution is 1.88. The lowest BCUT2D eigenvalue weighted by Crippen LogP contribution is -2.36. The fourth-order valence-electron chi connectivity index (χ4n) is 1.54. The number of hydrogen-bond acceptors (Lipinski definition) is 1. The van der Waals surface area contributed by atoms with Crippen molar-refractivity contribution in [2.75, 3.05) is 13.1 Å². The molecule has 0 bridgehead atoms. The second-order valence-corrected chi connectivity index (χ2v) is 4.21. The molecule has 0 saturated carbocycles. The van der Waals surface area contributed by atoms with Gasteiger partial charge in [0, 0.05) is 19.5 Å². The van der Waals surface area contributed by atoms with Crippen LogP contribution in [0.15, 0.2) is 18.7 Å². The summed E-state index contributed by atoms with van der Waals surface area (Å²) >= 11 is 0. The molecule has 17 heavy (non-hydrogen) atoms. The Morgan fingerprint density at radius 1 is 1.29 bits per heavy atom. The van der Waals surface area contributed by atoms with Crippen LogP contribution in [0.4, 0.5) is 4.79 Å². The second kappa shape index (κ2) is 7.70. The number of nitrogens with zero attached hydrogens (tertiary/aromatic N) is 2. The summed E-state index contributed by atoms with van der Waals surface area (Å²) in [6, 6.07) is -0.0588. The Morgan fingerprint density at radius 2 is 2.00 bits per heavy atom. The molecule has 0 aliphatic carbocycles. The van der Waals surface area contributed by atoms with E-state index in [1.807, 2.05) is 30.3 Å². The van der Waals surface area contributed by atoms with E-state index >= 15 is 0 Å². The molecule has 96 valence electrons. The predicted octanol–water partition coefficient (Wildman–Crippen LogP) is 0.802. The van der Waals surface area contributed by atoms with E-state index in [9.17, 15) is 4.79 Å². The fraction of sp³-hybridized carbons (Fsp3) is 0.667. The van der Waals surface area contributed by atoms with Gasteiger partial charge < -0.3 is 10.6 Å². The maximum atomic E-state index is 11.3. The number of unbranched alkanes of at least 4 members (excludes halogenated alkanes) is 1. The minimum Gasteiger partial charge on any atom is -0.338 e. The molecule has 1 aromatic heterocycles. The molecule has 1 aromatic rings. The summed E-state index contributed by atoms with van der Waals surface area (Å²) in [4.78, 5) is 11.3. The van der Waals surface area contributed by atoms with Gasteiger partial charge in [-0.25, -0.2) is 13.9 Å². The average molecular weight is 239 g/mol. The molecule has 0 radical (unpaired) electrons. The van der Waals surface area contributed by atoms with Crippen molar-refractivity contribution in [2.45, 2.75) is 32.7 Å². The number of carbonyl (C=O) groups excluding carboxylic acids is 1. The van der Waals surface area contributed by atoms with Gasteiger partial charge in [-0.05, 0) is 6.42 Å². The molecular weight excluding hydrogens is 216 g/mol. The maximum Gasteiger partial charge on any atom is 0.314 e. The van der Waals surface area contributed by atoms with Gasteiger partial charge in [-0.15, -0.1) is 0 Å². The van der Waals surface area contributed by atoms with E-state index in [1.165, 1.54) is 0 Å². The summed E-state index contributed by atoms with van der Waals surface area (Å²) in [5.74, 6) is 0. The number of rotatable bonds is 7. The number of carbonyl (C=O) groups is 1. The van der Waals surface area contributed by atoms with E-state index in [0.29, 0.717) is 6.54 Å². The third-order valence-electron chi connectivity index (χ3n) is 2.52. The van der Waals surface area contributed by atoms with Crippen LogP contribution in [-0.2, 0) is 13.6 Å². The van der Waals surface area contributed by atoms with E-state index in [0.717, 1.165) is 32.4 Å². The molecular formula is C12H23N4O+. The van der Waals surface area contributed by atoms with Crippen molar-refractivity contribution in [3.63, 3.8) is 0 Å². The van der Waals surface area contributed by atoms with Crippen LogP contribution in [0.2, 0.25) is 0 Å². The predicted molar refractivity (Wildman–Crippen MR) is 66.5 cm³/mol. The molecule has 1 rings (SSSR count). The Bertz CT molecular complexity index is 335. The highest BCUT2D eigenvalue weighted by Gasteiger charge is 2.01. The normalized spacial score (nSPS) is 10.2. The summed E-state index contributed by atoms with van der Waals surface area (Å²) in [6.07, 6.45) is 9.14. The number of nitrogens with one attached hydrogen (secondary N) is 2. The van der Waals surface area contributed by atoms with E-state index in [4.69, 9.17) is 0 Å². The van der Waals surface area contributed by atoms with Crippen LogP contribution in [0.25, 0.3) is 0 Å². The molecule has 0 aliphatic heterocycles. The summed E-state index contributed by atoms with van der Waals surface area (Å²) in [6.45, 7) is 4.50. The number of imidazole rings is 1. The van der Waals surface area contributed by atoms with Crippen LogP contribution in [0, 0.1) is 0 Å². The topological polar surface area (TPSA) is 49.9 Å². The molecule has 0 atom stereocenters. The lowest BCUT2D eigenvalue weighted by Gasteiger charge is -2.05. The average Bonchev–Trinajstić information content (AvgIpc) is 2.71. The second-order valence-electron chi connectivity index (χ2n) is 4.21. The molecule has 0 saturated heterocycles. The minimum atomic E-state index is -0.0588. The van der Waals surface area contributed by atoms with Crippen molar-refractivity contribution in [3.8, 4) is 0 Å². The monoisotopic (exact) mass is 239 g/mol. The van der Waals surface area contributed by atoms with Gasteiger partial charge in [0.15, 0.2) is 0 Å². The molecule has 2 amide bonds. The van der Waals surface area contributed by atoms with Crippen molar-refractivity contribution >= 4 is 6.03 Å². The quantitative estimate of drug-likeness (QED) is 0.537. The van der Waals surface area contributed by atoms with Gasteiger partial charge in [-0.1, -0.05) is 13.3 Å². The zero-order valence-corrected chi connectivity index (χ0v) is 10.8. The molecule has 0 unspecified atom stereocenters. The summed E-state index contributed by atoms with van der Waals surface area (Å²) in [7, 11) is 2.00. The fourth-order valence-corrected chi connectivity index (χ4v) is 1.54. The van der Waals surface area contributed by atoms with Crippen LogP contribution in [0.5, 0.6) is 0 Å². The third-order valence-corrected chi connectivity index (χ3v) is 2.52. The van der Waals surface area contributed by atoms with Gasteiger partial charge >= 0.3 is 6.03 Å². The standard InChI is InChI=1S/C12H22N4O/c1-3-4-6-13-12(17)14-7-5-8-16-10-9-15(2)11-16/h9-11H,3-8H2,1-2H3,(H-,13,14,17)/p+1. The smallest absolute Gasteiger partial charge is 0.314 e. The Hall–Kier alpha value is -1.52. The van der Waals surface area contributed by atoms with Crippen LogP contribution < -0.4 is 15.2 Å². The lowest BCUT2D eigenvalue weighted by atomic mass is 10.3. The van der Waals surface area contributed by atoms with E-state index in [2.05, 4.69) is 22.1 Å². The van der Waals surface area contributed by atoms with E-state index < -0.39 is 0 Å². The molecule has 5 heteroatoms. The first-order chi connectivity index (χ1) is 8.22. The molecule has 2 N–H and O–H groups in total. The molecule has 5 nitrogen and oxygen atoms in total. The Kier molecular flexibility index (Phi) is 6.14. The van der Waals surface area contributed by atoms with Crippen LogP contribution in [0.1, 0.15) is 26.2 Å². The lowest BCUT2D eigenvalue weighted by molar-refractivity contribution is -0.671. The van der Waals surface area contributed by atoms with Gasteiger partial charge in [0.25, 0.3) is 0 Å². The van der Waals surface area contributed by atoms with Gasteiger partial charge in [0.05, 0.1) is 13.6 Å². The van der Waals surface area contributed by atoms with Crippen LogP contribution in [-0.4, -0.2) is 23.7 Å². The van der Waals surface area contributed by atoms with Crippen molar-refractivity contribution in [1.82, 2.24) is 15.2 Å². The van der Waals surface area contributed by atoms with Gasteiger partial charge in [0.2, 0.25) is 6.33 Å². The van der Waals surface area contributed by atoms with E-state index in [1.54, 1.807) is 0 Å². The van der Waals surface area contributed by atoms with Gasteiger partial charge in [0.1, 0.15) is 12.4 Å². The molecule has 0 spiro atoms. The van der Waals surface area contributed by atoms with Crippen molar-refractivity contribution < 1.29 is 9.36 Å². The van der Waals surface area contributed by atoms with Crippen molar-refractivity contribution in [1.29, 1.82) is 0 Å². The number of urea groups is 1. The number of aromatic nitrogens is 2. The first kappa shape index (κ1) is 13.5. The zero-order valence-electron chi connectivity index (χ0n) is 10.8. The summed E-state index contributed by atoms with van der Waals surface area (Å²) in [5.41, 5.74) is 0. The zero-order chi connectivity index (χ0) is 12.5. The molecule has 1 heterocycles. The van der Waals surface area contributed by atoms with Gasteiger partial charge in [-0.3, -0.25) is 0 Å². The maximum absolute atomic E-state index is 11.3. The van der Waals surface area contributed by atoms with Crippen molar-refractivity contribution in [2.24, 2.45) is 7.05 Å². The molecule has 0 aliphatic rings. The number of hydrogen-bond donors (Lipinski definition) is 2. The molecule has 0 aromatic carbocycles. The number of amides is 2. The van der Waals surface area contributed by atoms with Crippen molar-refractivity contribution in [3.05, 3.63) is 18.7 Å². The highest BCUT2D eigenvalue weighted by molar-refractivity contribution is 5.73. The van der Waals surface area contributed by atoms with Gasteiger partial charge in [-0.2, -0.15) is 0 Å². The van der Waals surface area contributed by atoms with Crippen LogP contribution >= 0.6 is 0 Å². The van der Waals surface area contributed by atoms with Crippen LogP contribution in [0.3, 0.4) is 0 Å². The largest absolute Gasteiger partial charge is 0.338 e. The minimum absolute atomic E-state index is 0.0588. The Morgan fingerprint density at radius 3 is 2.59 bits per heavy atom. The summed E-state index contributed by atoms with van der Waals surface area (Å²) < 4.78 is 4.11. The highest BCUT2D eigenvalue weighted by atomic mass is 16.2. The SMILES string of the molecule is CCCCNC(=O)NCCCn1cc[n+](C)c1. The summed E-state index contributed by atoms with van der Waals surface area (Å²) in [5, 5.41) is 5.67. The Balaban J connectivity index is 2.02. The first-order valence-electron chi connectivity index (χ1n) is 6.25.